The van der Waals surface area contributed by atoms with Crippen molar-refractivity contribution in [2.75, 3.05) is 6.54 Å². The molecule has 10 heavy (non-hydrogen) atoms. The van der Waals surface area contributed by atoms with Crippen LogP contribution in [0.2, 0.25) is 0 Å². The van der Waals surface area contributed by atoms with Gasteiger partial charge < -0.3 is 4.74 Å². The van der Waals surface area contributed by atoms with E-state index in [-0.39, 0.29) is 12.4 Å². The summed E-state index contributed by atoms with van der Waals surface area (Å²) >= 11 is 0. The summed E-state index contributed by atoms with van der Waals surface area (Å²) in [6.07, 6.45) is 7.32. The zero-order valence-electron chi connectivity index (χ0n) is 5.56. The lowest BCUT2D eigenvalue weighted by Crippen LogP contribution is -2.23. The highest BCUT2D eigenvalue weighted by atomic mass is 35.5. The van der Waals surface area contributed by atoms with Crippen LogP contribution in [0.25, 0.3) is 0 Å². The van der Waals surface area contributed by atoms with Gasteiger partial charge in [-0.1, -0.05) is 0 Å². The van der Waals surface area contributed by atoms with Gasteiger partial charge in [0.05, 0.1) is 12.8 Å². The Kier molecular flexibility index (Phi) is 2.33. The summed E-state index contributed by atoms with van der Waals surface area (Å²) in [4.78, 5) is 4.13. The Hall–Kier alpha value is -0.500. The molecule has 0 fully saturated rings. The molecule has 0 radical (unpaired) electrons. The Labute approximate surface area is 66.4 Å². The van der Waals surface area contributed by atoms with Gasteiger partial charge in [0.25, 0.3) is 0 Å². The Morgan fingerprint density at radius 2 is 2.40 bits per heavy atom. The first-order chi connectivity index (χ1) is 4.47. The molecule has 2 rings (SSSR count). The minimum absolute atomic E-state index is 0. The Morgan fingerprint density at radius 1 is 1.50 bits per heavy atom. The van der Waals surface area contributed by atoms with Crippen LogP contribution in [0.3, 0.4) is 0 Å². The van der Waals surface area contributed by atoms with Crippen LogP contribution in [0, 0.1) is 5.92 Å². The number of hydrogen-bond acceptors (Lipinski definition) is 2. The van der Waals surface area contributed by atoms with Gasteiger partial charge in [0.2, 0.25) is 0 Å². The lowest BCUT2D eigenvalue weighted by atomic mass is 9.99. The largest absolute Gasteiger partial charge is 0.496 e. The molecule has 0 aromatic rings. The predicted octanol–water partition coefficient (Wildman–Crippen LogP) is 1.41. The maximum atomic E-state index is 5.26. The molecule has 0 saturated carbocycles. The molecule has 0 amide bonds. The molecule has 2 aliphatic heterocycles. The standard InChI is InChI=1S/C7H9NO.ClH/c1-3-8-5-7-6(1)2-4-9-7;/h2-4,6-7H,1,5H2;1H. The van der Waals surface area contributed by atoms with Crippen molar-refractivity contribution in [3.05, 3.63) is 12.3 Å². The number of hydrogen-bond donors (Lipinski definition) is 0. The van der Waals surface area contributed by atoms with Gasteiger partial charge in [-0.3, -0.25) is 4.99 Å². The fourth-order valence-corrected chi connectivity index (χ4v) is 1.26. The third-order valence-electron chi connectivity index (χ3n) is 1.85. The Bertz CT molecular complexity index is 167. The first-order valence-corrected chi connectivity index (χ1v) is 3.27. The smallest absolute Gasteiger partial charge is 0.124 e. The zero-order chi connectivity index (χ0) is 6.10. The third kappa shape index (κ3) is 1.16. The first-order valence-electron chi connectivity index (χ1n) is 3.27. The number of rotatable bonds is 0. The Balaban J connectivity index is 0.000000500. The number of fused-ring (bicyclic) bond motifs is 1. The highest BCUT2D eigenvalue weighted by Crippen LogP contribution is 2.22. The summed E-state index contributed by atoms with van der Waals surface area (Å²) in [5.74, 6) is 0.613. The molecule has 2 aliphatic rings. The summed E-state index contributed by atoms with van der Waals surface area (Å²) in [7, 11) is 0. The second-order valence-corrected chi connectivity index (χ2v) is 2.45. The van der Waals surface area contributed by atoms with Crippen LogP contribution < -0.4 is 0 Å². The molecule has 0 aromatic heterocycles. The highest BCUT2D eigenvalue weighted by Gasteiger charge is 2.25. The van der Waals surface area contributed by atoms with E-state index in [1.54, 1.807) is 6.26 Å². The van der Waals surface area contributed by atoms with E-state index in [0.29, 0.717) is 12.0 Å². The zero-order valence-corrected chi connectivity index (χ0v) is 6.38. The van der Waals surface area contributed by atoms with Crippen LogP contribution in [0.1, 0.15) is 6.42 Å². The molecular formula is C7H10ClNO. The maximum Gasteiger partial charge on any atom is 0.124 e. The molecule has 2 unspecified atom stereocenters. The van der Waals surface area contributed by atoms with Crippen LogP contribution in [0.5, 0.6) is 0 Å². The lowest BCUT2D eigenvalue weighted by Gasteiger charge is -2.18. The van der Waals surface area contributed by atoms with Gasteiger partial charge in [0.1, 0.15) is 6.10 Å². The number of halogens is 1. The van der Waals surface area contributed by atoms with E-state index in [4.69, 9.17) is 4.74 Å². The van der Waals surface area contributed by atoms with Crippen LogP contribution in [-0.2, 0) is 4.74 Å². The normalized spacial score (nSPS) is 34.4. The van der Waals surface area contributed by atoms with E-state index in [0.717, 1.165) is 13.0 Å². The van der Waals surface area contributed by atoms with Crippen molar-refractivity contribution in [1.82, 2.24) is 0 Å². The van der Waals surface area contributed by atoms with Crippen LogP contribution in [0.15, 0.2) is 17.3 Å². The van der Waals surface area contributed by atoms with Crippen molar-refractivity contribution in [1.29, 1.82) is 0 Å². The second kappa shape index (κ2) is 3.06. The summed E-state index contributed by atoms with van der Waals surface area (Å²) in [6.45, 7) is 0.845. The molecule has 0 spiro atoms. The topological polar surface area (TPSA) is 21.6 Å². The molecule has 0 bridgehead atoms. The molecule has 2 heterocycles. The number of nitrogens with zero attached hydrogens (tertiary/aromatic N) is 1. The van der Waals surface area contributed by atoms with E-state index in [2.05, 4.69) is 11.1 Å². The van der Waals surface area contributed by atoms with Gasteiger partial charge in [-0.2, -0.15) is 0 Å². The van der Waals surface area contributed by atoms with Crippen molar-refractivity contribution in [3.8, 4) is 0 Å². The fraction of sp³-hybridized carbons (Fsp3) is 0.571. The van der Waals surface area contributed by atoms with Gasteiger partial charge in [0, 0.05) is 5.92 Å². The monoisotopic (exact) mass is 159 g/mol. The molecule has 2 nitrogen and oxygen atoms in total. The van der Waals surface area contributed by atoms with Crippen LogP contribution >= 0.6 is 12.4 Å². The number of aliphatic imine (C=N–C) groups is 1. The van der Waals surface area contributed by atoms with Crippen LogP contribution in [-0.4, -0.2) is 18.9 Å². The fourth-order valence-electron chi connectivity index (χ4n) is 1.26. The summed E-state index contributed by atoms with van der Waals surface area (Å²) in [6, 6.07) is 0. The predicted molar refractivity (Wildman–Crippen MR) is 42.7 cm³/mol. The van der Waals surface area contributed by atoms with Crippen molar-refractivity contribution in [2.24, 2.45) is 10.9 Å². The van der Waals surface area contributed by atoms with E-state index < -0.39 is 0 Å². The average molecular weight is 160 g/mol. The van der Waals surface area contributed by atoms with E-state index in [1.165, 1.54) is 0 Å². The second-order valence-electron chi connectivity index (χ2n) is 2.45. The SMILES string of the molecule is C1=CC2CC=NCC2O1.Cl. The van der Waals surface area contributed by atoms with Gasteiger partial charge in [-0.05, 0) is 18.7 Å². The van der Waals surface area contributed by atoms with Gasteiger partial charge >= 0.3 is 0 Å². The van der Waals surface area contributed by atoms with E-state index in [1.807, 2.05) is 6.21 Å². The number of ether oxygens (including phenoxy) is 1. The molecule has 0 aliphatic carbocycles. The molecule has 0 aromatic carbocycles. The summed E-state index contributed by atoms with van der Waals surface area (Å²) in [5.41, 5.74) is 0. The minimum atomic E-state index is 0. The van der Waals surface area contributed by atoms with E-state index >= 15 is 0 Å². The highest BCUT2D eigenvalue weighted by molar-refractivity contribution is 5.85. The van der Waals surface area contributed by atoms with Crippen LogP contribution in [0.4, 0.5) is 0 Å². The summed E-state index contributed by atoms with van der Waals surface area (Å²) in [5, 5.41) is 0. The van der Waals surface area contributed by atoms with Crippen molar-refractivity contribution < 1.29 is 4.74 Å². The molecular weight excluding hydrogens is 150 g/mol. The maximum absolute atomic E-state index is 5.26. The van der Waals surface area contributed by atoms with Gasteiger partial charge in [0.15, 0.2) is 0 Å². The molecule has 56 valence electrons. The molecule has 3 heteroatoms. The van der Waals surface area contributed by atoms with E-state index in [9.17, 15) is 0 Å². The first kappa shape index (κ1) is 7.61. The van der Waals surface area contributed by atoms with Gasteiger partial charge in [-0.25, -0.2) is 0 Å². The quantitative estimate of drug-likeness (QED) is 0.524. The third-order valence-corrected chi connectivity index (χ3v) is 1.85. The lowest BCUT2D eigenvalue weighted by molar-refractivity contribution is 0.141. The van der Waals surface area contributed by atoms with Crippen molar-refractivity contribution in [3.63, 3.8) is 0 Å². The molecule has 0 saturated heterocycles. The Morgan fingerprint density at radius 3 is 3.20 bits per heavy atom. The molecule has 0 N–H and O–H groups in total. The summed E-state index contributed by atoms with van der Waals surface area (Å²) < 4.78 is 5.26. The minimum Gasteiger partial charge on any atom is -0.496 e. The average Bonchev–Trinajstić information content (AvgIpc) is 2.33. The molecule has 2 atom stereocenters. The van der Waals surface area contributed by atoms with Gasteiger partial charge in [-0.15, -0.1) is 12.4 Å². The van der Waals surface area contributed by atoms with Crippen molar-refractivity contribution >= 4 is 18.6 Å². The van der Waals surface area contributed by atoms with Crippen molar-refractivity contribution in [2.45, 2.75) is 12.5 Å².